The van der Waals surface area contributed by atoms with Crippen LogP contribution in [0.25, 0.3) is 0 Å². The van der Waals surface area contributed by atoms with Gasteiger partial charge in [-0.1, -0.05) is 62.8 Å². The van der Waals surface area contributed by atoms with Gasteiger partial charge in [0.05, 0.1) is 31.1 Å². The van der Waals surface area contributed by atoms with E-state index in [0.29, 0.717) is 13.0 Å². The number of carbonyl (C=O) groups is 3. The summed E-state index contributed by atoms with van der Waals surface area (Å²) in [7, 11) is 0. The van der Waals surface area contributed by atoms with Crippen LogP contribution in [0.15, 0.2) is 42.5 Å². The van der Waals surface area contributed by atoms with Crippen molar-refractivity contribution in [1.29, 1.82) is 0 Å². The van der Waals surface area contributed by atoms with Crippen LogP contribution < -0.4 is 5.32 Å². The summed E-state index contributed by atoms with van der Waals surface area (Å²) in [5.74, 6) is -2.87. The van der Waals surface area contributed by atoms with Gasteiger partial charge in [-0.05, 0) is 31.2 Å². The van der Waals surface area contributed by atoms with Crippen LogP contribution in [0.1, 0.15) is 51.6 Å². The zero-order valence-corrected chi connectivity index (χ0v) is 19.8. The van der Waals surface area contributed by atoms with E-state index in [1.54, 1.807) is 6.92 Å². The third kappa shape index (κ3) is 4.98. The number of rotatable bonds is 10. The fourth-order valence-corrected chi connectivity index (χ4v) is 5.25. The molecular formula is C26H36N2O5. The normalized spacial score (nSPS) is 27.2. The van der Waals surface area contributed by atoms with Gasteiger partial charge in [0, 0.05) is 12.5 Å². The summed E-state index contributed by atoms with van der Waals surface area (Å²) in [5.41, 5.74) is 0.752. The van der Waals surface area contributed by atoms with Crippen LogP contribution in [0.5, 0.6) is 0 Å². The first-order chi connectivity index (χ1) is 16.0. The largest absolute Gasteiger partial charge is 0.466 e. The first-order valence-corrected chi connectivity index (χ1v) is 12.1. The standard InChI is InChI=1S/C26H36N2O5/c1-4-7-15-27-24(30)23-19-14-13-17(5-2)21(26(32)33-6-3)22(19)25(31)28(23)20(16-29)18-11-9-8-10-12-18/h8-14,17,19-23,29H,4-7,15-16H2,1-3H3,(H,27,30)/t17-,19+,20-,21-,22+,23+/m1/s1. The van der Waals surface area contributed by atoms with Crippen molar-refractivity contribution in [2.45, 2.75) is 52.1 Å². The molecule has 3 rings (SSSR count). The number of ether oxygens (including phenoxy) is 1. The molecule has 7 nitrogen and oxygen atoms in total. The molecule has 1 aromatic rings. The third-order valence-electron chi connectivity index (χ3n) is 6.87. The summed E-state index contributed by atoms with van der Waals surface area (Å²) in [6, 6.07) is 7.76. The molecule has 180 valence electrons. The van der Waals surface area contributed by atoms with Crippen LogP contribution in [0.4, 0.5) is 0 Å². The van der Waals surface area contributed by atoms with Crippen molar-refractivity contribution in [3.63, 3.8) is 0 Å². The monoisotopic (exact) mass is 456 g/mol. The van der Waals surface area contributed by atoms with Crippen molar-refractivity contribution in [1.82, 2.24) is 10.2 Å². The highest BCUT2D eigenvalue weighted by molar-refractivity contribution is 5.96. The Kier molecular flexibility index (Phi) is 8.67. The molecular weight excluding hydrogens is 420 g/mol. The minimum atomic E-state index is -0.803. The van der Waals surface area contributed by atoms with Gasteiger partial charge in [-0.25, -0.2) is 0 Å². The van der Waals surface area contributed by atoms with Gasteiger partial charge in [0.25, 0.3) is 0 Å². The maximum absolute atomic E-state index is 13.9. The number of hydrogen-bond donors (Lipinski definition) is 2. The summed E-state index contributed by atoms with van der Waals surface area (Å²) in [5, 5.41) is 13.3. The van der Waals surface area contributed by atoms with Crippen molar-refractivity contribution in [2.24, 2.45) is 23.7 Å². The van der Waals surface area contributed by atoms with E-state index in [0.717, 1.165) is 18.4 Å². The second kappa shape index (κ2) is 11.5. The molecule has 0 radical (unpaired) electrons. The van der Waals surface area contributed by atoms with Gasteiger partial charge in [0.15, 0.2) is 0 Å². The van der Waals surface area contributed by atoms with Crippen LogP contribution in [0.2, 0.25) is 0 Å². The molecule has 0 bridgehead atoms. The number of aliphatic hydroxyl groups excluding tert-OH is 1. The maximum Gasteiger partial charge on any atom is 0.310 e. The highest BCUT2D eigenvalue weighted by atomic mass is 16.5. The number of esters is 1. The van der Waals surface area contributed by atoms with Crippen LogP contribution in [0, 0.1) is 23.7 Å². The lowest BCUT2D eigenvalue weighted by Crippen LogP contribution is -2.49. The molecule has 1 fully saturated rings. The van der Waals surface area contributed by atoms with Gasteiger partial charge in [0.1, 0.15) is 6.04 Å². The smallest absolute Gasteiger partial charge is 0.310 e. The number of unbranched alkanes of at least 4 members (excludes halogenated alkanes) is 1. The average molecular weight is 457 g/mol. The van der Waals surface area contributed by atoms with Crippen LogP contribution >= 0.6 is 0 Å². The first-order valence-electron chi connectivity index (χ1n) is 12.1. The minimum absolute atomic E-state index is 0.137. The maximum atomic E-state index is 13.9. The molecule has 6 atom stereocenters. The number of aliphatic hydroxyl groups is 1. The van der Waals surface area contributed by atoms with Gasteiger partial charge in [0.2, 0.25) is 11.8 Å². The Morgan fingerprint density at radius 1 is 1.15 bits per heavy atom. The predicted octanol–water partition coefficient (Wildman–Crippen LogP) is 2.85. The van der Waals surface area contributed by atoms with Crippen molar-refractivity contribution in [3.05, 3.63) is 48.0 Å². The zero-order chi connectivity index (χ0) is 24.0. The lowest BCUT2D eigenvalue weighted by molar-refractivity contribution is -0.156. The molecule has 2 aliphatic rings. The molecule has 0 spiro atoms. The summed E-state index contributed by atoms with van der Waals surface area (Å²) in [6.45, 7) is 6.20. The quantitative estimate of drug-likeness (QED) is 0.321. The molecule has 1 aliphatic heterocycles. The Morgan fingerprint density at radius 2 is 1.88 bits per heavy atom. The van der Waals surface area contributed by atoms with E-state index < -0.39 is 35.8 Å². The SMILES string of the molecule is CCCCNC(=O)[C@@H]1[C@H]2C=C[C@@H](CC)[C@@H](C(=O)OCC)[C@H]2C(=O)N1[C@H](CO)c1ccccc1. The van der Waals surface area contributed by atoms with E-state index in [2.05, 4.69) is 5.32 Å². The minimum Gasteiger partial charge on any atom is -0.466 e. The molecule has 0 saturated carbocycles. The molecule has 1 aromatic carbocycles. The zero-order valence-electron chi connectivity index (χ0n) is 19.8. The van der Waals surface area contributed by atoms with Gasteiger partial charge in [-0.3, -0.25) is 14.4 Å². The predicted molar refractivity (Wildman–Crippen MR) is 125 cm³/mol. The van der Waals surface area contributed by atoms with Crippen molar-refractivity contribution in [2.75, 3.05) is 19.8 Å². The van der Waals surface area contributed by atoms with Crippen LogP contribution in [0.3, 0.4) is 0 Å². The number of benzene rings is 1. The molecule has 33 heavy (non-hydrogen) atoms. The number of allylic oxidation sites excluding steroid dienone is 1. The molecule has 0 unspecified atom stereocenters. The number of nitrogens with one attached hydrogen (secondary N) is 1. The summed E-state index contributed by atoms with van der Waals surface area (Å²) in [6.07, 6.45) is 6.35. The molecule has 2 N–H and O–H groups in total. The summed E-state index contributed by atoms with van der Waals surface area (Å²) < 4.78 is 5.36. The lowest BCUT2D eigenvalue weighted by atomic mass is 9.69. The van der Waals surface area contributed by atoms with Crippen molar-refractivity contribution >= 4 is 17.8 Å². The molecule has 2 amide bonds. The fourth-order valence-electron chi connectivity index (χ4n) is 5.25. The summed E-state index contributed by atoms with van der Waals surface area (Å²) >= 11 is 0. The average Bonchev–Trinajstić information content (AvgIpc) is 3.12. The van der Waals surface area contributed by atoms with E-state index >= 15 is 0 Å². The molecule has 1 saturated heterocycles. The lowest BCUT2D eigenvalue weighted by Gasteiger charge is -2.34. The number of carbonyl (C=O) groups excluding carboxylic acids is 3. The summed E-state index contributed by atoms with van der Waals surface area (Å²) in [4.78, 5) is 41.8. The number of amides is 2. The van der Waals surface area contributed by atoms with Gasteiger partial charge in [-0.2, -0.15) is 0 Å². The molecule has 0 aromatic heterocycles. The van der Waals surface area contributed by atoms with Gasteiger partial charge in [-0.15, -0.1) is 0 Å². The first kappa shape index (κ1) is 25.0. The number of fused-ring (bicyclic) bond motifs is 1. The van der Waals surface area contributed by atoms with E-state index in [9.17, 15) is 19.5 Å². The second-order valence-electron chi connectivity index (χ2n) is 8.78. The Bertz CT molecular complexity index is 855. The van der Waals surface area contributed by atoms with Gasteiger partial charge >= 0.3 is 5.97 Å². The van der Waals surface area contributed by atoms with Crippen LogP contribution in [-0.4, -0.2) is 53.6 Å². The van der Waals surface area contributed by atoms with E-state index in [4.69, 9.17) is 4.74 Å². The van der Waals surface area contributed by atoms with E-state index in [1.165, 1.54) is 4.90 Å². The van der Waals surface area contributed by atoms with Crippen LogP contribution in [-0.2, 0) is 19.1 Å². The second-order valence-corrected chi connectivity index (χ2v) is 8.78. The highest BCUT2D eigenvalue weighted by Crippen LogP contribution is 2.47. The van der Waals surface area contributed by atoms with Gasteiger partial charge < -0.3 is 20.1 Å². The topological polar surface area (TPSA) is 95.9 Å². The molecule has 1 heterocycles. The van der Waals surface area contributed by atoms with E-state index in [1.807, 2.05) is 56.3 Å². The highest BCUT2D eigenvalue weighted by Gasteiger charge is 2.58. The third-order valence-corrected chi connectivity index (χ3v) is 6.87. The van der Waals surface area contributed by atoms with Crippen molar-refractivity contribution in [3.8, 4) is 0 Å². The Morgan fingerprint density at radius 3 is 2.48 bits per heavy atom. The Hall–Kier alpha value is -2.67. The Labute approximate surface area is 196 Å². The molecule has 7 heteroatoms. The number of hydrogen-bond acceptors (Lipinski definition) is 5. The fraction of sp³-hybridized carbons (Fsp3) is 0.577. The Balaban J connectivity index is 2.05. The van der Waals surface area contributed by atoms with E-state index in [-0.39, 0.29) is 30.9 Å². The number of likely N-dealkylation sites (tertiary alicyclic amines) is 1. The number of nitrogens with zero attached hydrogens (tertiary/aromatic N) is 1. The van der Waals surface area contributed by atoms with Crippen molar-refractivity contribution < 1.29 is 24.2 Å². The molecule has 1 aliphatic carbocycles.